The molecule has 10 heteroatoms. The predicted octanol–water partition coefficient (Wildman–Crippen LogP) is 4.83. The Morgan fingerprint density at radius 2 is 1.80 bits per heavy atom. The van der Waals surface area contributed by atoms with Gasteiger partial charge in [-0.05, 0) is 89.7 Å². The summed E-state index contributed by atoms with van der Waals surface area (Å²) in [5.74, 6) is -0.295. The van der Waals surface area contributed by atoms with Crippen molar-refractivity contribution in [1.29, 1.82) is 0 Å². The zero-order chi connectivity index (χ0) is 29.2. The largest absolute Gasteiger partial charge is 0.490 e. The maximum atomic E-state index is 14.1. The molecular formula is C30H43FN4O5. The molecule has 0 saturated carbocycles. The van der Waals surface area contributed by atoms with E-state index in [0.29, 0.717) is 42.4 Å². The van der Waals surface area contributed by atoms with E-state index in [1.54, 1.807) is 30.0 Å². The Bertz CT molecular complexity index is 1110. The molecule has 0 unspecified atom stereocenters. The smallest absolute Gasteiger partial charge is 0.323 e. The second-order valence-electron chi connectivity index (χ2n) is 10.9. The lowest BCUT2D eigenvalue weighted by Crippen LogP contribution is -2.47. The van der Waals surface area contributed by atoms with E-state index in [0.717, 1.165) is 19.3 Å². The molecule has 0 aromatic heterocycles. The highest BCUT2D eigenvalue weighted by Crippen LogP contribution is 2.28. The number of anilines is 2. The number of carbonyl (C=O) groups is 2. The van der Waals surface area contributed by atoms with Crippen LogP contribution in [0.1, 0.15) is 50.4 Å². The molecule has 0 spiro atoms. The third-order valence-electron chi connectivity index (χ3n) is 6.96. The zero-order valence-electron chi connectivity index (χ0n) is 24.2. The molecule has 1 aliphatic rings. The van der Waals surface area contributed by atoms with Gasteiger partial charge in [-0.2, -0.15) is 0 Å². The van der Waals surface area contributed by atoms with Crippen molar-refractivity contribution in [1.82, 2.24) is 9.80 Å². The molecule has 9 nitrogen and oxygen atoms in total. The highest BCUT2D eigenvalue weighted by Gasteiger charge is 2.30. The molecule has 2 aromatic rings. The van der Waals surface area contributed by atoms with Crippen LogP contribution in [0.4, 0.5) is 20.6 Å². The summed E-state index contributed by atoms with van der Waals surface area (Å²) >= 11 is 0. The predicted molar refractivity (Wildman–Crippen MR) is 154 cm³/mol. The van der Waals surface area contributed by atoms with Crippen molar-refractivity contribution in [3.8, 4) is 5.75 Å². The topological polar surface area (TPSA) is 103 Å². The third kappa shape index (κ3) is 9.18. The van der Waals surface area contributed by atoms with Gasteiger partial charge in [0.15, 0.2) is 0 Å². The second kappa shape index (κ2) is 15.0. The number of carbonyl (C=O) groups excluding carboxylic acids is 2. The molecule has 4 atom stereocenters. The molecule has 0 aliphatic carbocycles. The van der Waals surface area contributed by atoms with Crippen LogP contribution in [0.25, 0.3) is 0 Å². The Labute approximate surface area is 236 Å². The Morgan fingerprint density at radius 1 is 1.12 bits per heavy atom. The monoisotopic (exact) mass is 558 g/mol. The summed E-state index contributed by atoms with van der Waals surface area (Å²) in [6.45, 7) is 7.33. The first-order valence-corrected chi connectivity index (χ1v) is 13.9. The van der Waals surface area contributed by atoms with E-state index >= 15 is 0 Å². The van der Waals surface area contributed by atoms with Crippen molar-refractivity contribution >= 4 is 23.3 Å². The van der Waals surface area contributed by atoms with Crippen LogP contribution >= 0.6 is 0 Å². The first-order valence-electron chi connectivity index (χ1n) is 13.9. The molecule has 0 radical (unpaired) electrons. The Morgan fingerprint density at radius 3 is 2.48 bits per heavy atom. The number of aliphatic hydroxyl groups is 1. The number of fused-ring (bicyclic) bond motifs is 1. The van der Waals surface area contributed by atoms with Crippen LogP contribution in [0.2, 0.25) is 0 Å². The number of nitrogens with zero attached hydrogens (tertiary/aromatic N) is 2. The first-order chi connectivity index (χ1) is 19.1. The molecule has 0 saturated heterocycles. The minimum atomic E-state index is -0.535. The summed E-state index contributed by atoms with van der Waals surface area (Å²) < 4.78 is 25.7. The minimum Gasteiger partial charge on any atom is -0.490 e. The van der Waals surface area contributed by atoms with Crippen LogP contribution in [0.15, 0.2) is 42.5 Å². The van der Waals surface area contributed by atoms with Gasteiger partial charge in [0.05, 0.1) is 30.4 Å². The zero-order valence-corrected chi connectivity index (χ0v) is 24.2. The van der Waals surface area contributed by atoms with Crippen LogP contribution in [0.5, 0.6) is 5.75 Å². The SMILES string of the molecule is C[C@@H]1CCCCO[C@H](CN(C)C)[C@@H](C)CN([C@@H](C)CO)C(=O)c2cc(NC(=O)Nc3ccc(F)cc3)ccc2O1. The maximum Gasteiger partial charge on any atom is 0.323 e. The molecule has 3 rings (SSSR count). The molecule has 40 heavy (non-hydrogen) atoms. The number of halogens is 1. The fraction of sp³-hybridized carbons (Fsp3) is 0.533. The first kappa shape index (κ1) is 31.3. The molecule has 220 valence electrons. The third-order valence-corrected chi connectivity index (χ3v) is 6.96. The van der Waals surface area contributed by atoms with Crippen molar-refractivity contribution < 1.29 is 28.6 Å². The Balaban J connectivity index is 1.92. The van der Waals surface area contributed by atoms with Gasteiger partial charge in [-0.1, -0.05) is 6.92 Å². The second-order valence-corrected chi connectivity index (χ2v) is 10.9. The number of hydrogen-bond acceptors (Lipinski definition) is 6. The number of aliphatic hydroxyl groups excluding tert-OH is 1. The highest BCUT2D eigenvalue weighted by molar-refractivity contribution is 6.02. The standard InChI is InChI=1S/C30H43FN4O5/c1-20-17-35(21(2)19-36)29(37)26-16-25(33-30(38)32-24-11-9-23(31)10-12-24)13-14-27(26)40-22(3)8-6-7-15-39-28(20)18-34(4)5/h9-14,16,20-22,28,36H,6-8,15,17-19H2,1-5H3,(H2,32,33,38)/t20-,21-,22+,28+/m0/s1. The number of hydrogen-bond donors (Lipinski definition) is 3. The number of benzene rings is 2. The molecule has 1 aliphatic heterocycles. The maximum absolute atomic E-state index is 14.1. The lowest BCUT2D eigenvalue weighted by atomic mass is 10.0. The van der Waals surface area contributed by atoms with Crippen molar-refractivity contribution in [2.75, 3.05) is 51.0 Å². The lowest BCUT2D eigenvalue weighted by Gasteiger charge is -2.35. The summed E-state index contributed by atoms with van der Waals surface area (Å²) in [5, 5.41) is 15.4. The van der Waals surface area contributed by atoms with Gasteiger partial charge >= 0.3 is 6.03 Å². The van der Waals surface area contributed by atoms with Gasteiger partial charge in [0, 0.05) is 37.0 Å². The Hall–Kier alpha value is -3.21. The summed E-state index contributed by atoms with van der Waals surface area (Å²) in [6.07, 6.45) is 2.39. The van der Waals surface area contributed by atoms with Crippen LogP contribution in [-0.4, -0.2) is 85.5 Å². The quantitative estimate of drug-likeness (QED) is 0.470. The van der Waals surface area contributed by atoms with Gasteiger partial charge in [-0.15, -0.1) is 0 Å². The van der Waals surface area contributed by atoms with E-state index in [-0.39, 0.29) is 30.6 Å². The summed E-state index contributed by atoms with van der Waals surface area (Å²) in [6, 6.07) is 9.39. The van der Waals surface area contributed by atoms with E-state index < -0.39 is 17.9 Å². The Kier molecular flexibility index (Phi) is 11.7. The fourth-order valence-corrected chi connectivity index (χ4v) is 4.65. The average Bonchev–Trinajstić information content (AvgIpc) is 2.91. The van der Waals surface area contributed by atoms with Crippen LogP contribution < -0.4 is 15.4 Å². The van der Waals surface area contributed by atoms with Crippen LogP contribution in [-0.2, 0) is 4.74 Å². The van der Waals surface area contributed by atoms with Crippen LogP contribution in [0.3, 0.4) is 0 Å². The van der Waals surface area contributed by atoms with Gasteiger partial charge in [0.25, 0.3) is 5.91 Å². The molecule has 1 heterocycles. The van der Waals surface area contributed by atoms with Crippen molar-refractivity contribution in [3.05, 3.63) is 53.8 Å². The van der Waals surface area contributed by atoms with Gasteiger partial charge in [0.1, 0.15) is 11.6 Å². The highest BCUT2D eigenvalue weighted by atomic mass is 19.1. The molecule has 2 aromatic carbocycles. The van der Waals surface area contributed by atoms with E-state index in [9.17, 15) is 19.1 Å². The molecule has 0 bridgehead atoms. The van der Waals surface area contributed by atoms with E-state index in [4.69, 9.17) is 9.47 Å². The molecule has 3 amide bonds. The number of rotatable bonds is 6. The average molecular weight is 559 g/mol. The van der Waals surface area contributed by atoms with Crippen molar-refractivity contribution in [2.45, 2.75) is 58.3 Å². The summed E-state index contributed by atoms with van der Waals surface area (Å²) in [7, 11) is 3.99. The lowest BCUT2D eigenvalue weighted by molar-refractivity contribution is -0.0137. The van der Waals surface area contributed by atoms with Crippen molar-refractivity contribution in [3.63, 3.8) is 0 Å². The minimum absolute atomic E-state index is 0.00521. The summed E-state index contributed by atoms with van der Waals surface area (Å²) in [5.41, 5.74) is 1.11. The van der Waals surface area contributed by atoms with Gasteiger partial charge in [-0.3, -0.25) is 4.79 Å². The molecule has 0 fully saturated rings. The molecule has 3 N–H and O–H groups in total. The number of amides is 3. The number of urea groups is 1. The number of nitrogens with one attached hydrogen (secondary N) is 2. The van der Waals surface area contributed by atoms with Crippen molar-refractivity contribution in [2.24, 2.45) is 5.92 Å². The normalized spacial score (nSPS) is 21.6. The van der Waals surface area contributed by atoms with E-state index in [1.165, 1.54) is 24.3 Å². The molecular weight excluding hydrogens is 515 g/mol. The summed E-state index contributed by atoms with van der Waals surface area (Å²) in [4.78, 5) is 30.4. The number of likely N-dealkylation sites (N-methyl/N-ethyl adjacent to an activating group) is 1. The van der Waals surface area contributed by atoms with Gasteiger partial charge < -0.3 is 35.0 Å². The van der Waals surface area contributed by atoms with E-state index in [1.807, 2.05) is 21.0 Å². The van der Waals surface area contributed by atoms with Crippen LogP contribution in [0, 0.1) is 11.7 Å². The van der Waals surface area contributed by atoms with Gasteiger partial charge in [0.2, 0.25) is 0 Å². The van der Waals surface area contributed by atoms with Gasteiger partial charge in [-0.25, -0.2) is 9.18 Å². The fourth-order valence-electron chi connectivity index (χ4n) is 4.65. The van der Waals surface area contributed by atoms with E-state index in [2.05, 4.69) is 22.5 Å². The number of ether oxygens (including phenoxy) is 2.